The van der Waals surface area contributed by atoms with Crippen LogP contribution in [0.3, 0.4) is 0 Å². The lowest BCUT2D eigenvalue weighted by Crippen LogP contribution is -2.04. The third-order valence-electron chi connectivity index (χ3n) is 2.58. The highest BCUT2D eigenvalue weighted by Crippen LogP contribution is 2.13. The number of carbonyl (C=O) groups is 2. The van der Waals surface area contributed by atoms with Crippen LogP contribution in [0.1, 0.15) is 48.4 Å². The Morgan fingerprint density at radius 3 is 2.65 bits per heavy atom. The van der Waals surface area contributed by atoms with Crippen molar-refractivity contribution >= 4 is 11.8 Å². The van der Waals surface area contributed by atoms with Gasteiger partial charge in [-0.2, -0.15) is 0 Å². The van der Waals surface area contributed by atoms with Crippen LogP contribution in [0.25, 0.3) is 0 Å². The fraction of sp³-hybridized carbons (Fsp3) is 0.538. The van der Waals surface area contributed by atoms with E-state index in [2.05, 4.69) is 4.98 Å². The molecule has 4 heteroatoms. The van der Waals surface area contributed by atoms with Gasteiger partial charge in [0.1, 0.15) is 0 Å². The van der Waals surface area contributed by atoms with Crippen LogP contribution < -0.4 is 0 Å². The maximum absolute atomic E-state index is 11.3. The fourth-order valence-electron chi connectivity index (χ4n) is 1.78. The molecule has 17 heavy (non-hydrogen) atoms. The van der Waals surface area contributed by atoms with Crippen LogP contribution in [0.2, 0.25) is 0 Å². The summed E-state index contributed by atoms with van der Waals surface area (Å²) in [5, 5.41) is 0. The normalized spacial score (nSPS) is 10.3. The molecule has 0 aromatic carbocycles. The van der Waals surface area contributed by atoms with Gasteiger partial charge in [0.2, 0.25) is 0 Å². The summed E-state index contributed by atoms with van der Waals surface area (Å²) in [6, 6.07) is 1.86. The molecular weight excluding hydrogens is 218 g/mol. The third-order valence-corrected chi connectivity index (χ3v) is 2.58. The molecule has 0 aliphatic rings. The Hall–Kier alpha value is -1.58. The van der Waals surface area contributed by atoms with Crippen LogP contribution in [0.15, 0.2) is 6.07 Å². The van der Waals surface area contributed by atoms with E-state index in [1.807, 2.05) is 13.0 Å². The molecule has 0 saturated heterocycles. The number of carbonyl (C=O) groups excluding carboxylic acids is 2. The summed E-state index contributed by atoms with van der Waals surface area (Å²) in [5.41, 5.74) is 2.62. The highest BCUT2D eigenvalue weighted by atomic mass is 16.5. The molecule has 0 aliphatic heterocycles. The first-order valence-electron chi connectivity index (χ1n) is 5.89. The molecule has 0 radical (unpaired) electrons. The van der Waals surface area contributed by atoms with Crippen LogP contribution in [0.5, 0.6) is 0 Å². The van der Waals surface area contributed by atoms with E-state index >= 15 is 0 Å². The lowest BCUT2D eigenvalue weighted by atomic mass is 10.1. The molecular formula is C13H19NO3. The number of aromatic amines is 1. The monoisotopic (exact) mass is 237 g/mol. The molecule has 1 rings (SSSR count). The number of esters is 1. The van der Waals surface area contributed by atoms with Gasteiger partial charge >= 0.3 is 5.97 Å². The molecule has 0 spiro atoms. The van der Waals surface area contributed by atoms with Crippen LogP contribution in [0, 0.1) is 6.92 Å². The first-order chi connectivity index (χ1) is 8.04. The molecule has 1 aromatic heterocycles. The zero-order valence-corrected chi connectivity index (χ0v) is 10.6. The summed E-state index contributed by atoms with van der Waals surface area (Å²) < 4.78 is 4.84. The number of rotatable bonds is 6. The first kappa shape index (κ1) is 13.5. The van der Waals surface area contributed by atoms with E-state index in [0.29, 0.717) is 13.0 Å². The van der Waals surface area contributed by atoms with Gasteiger partial charge < -0.3 is 9.72 Å². The van der Waals surface area contributed by atoms with E-state index in [9.17, 15) is 9.59 Å². The summed E-state index contributed by atoms with van der Waals surface area (Å²) in [7, 11) is 0. The number of nitrogens with one attached hydrogen (secondary N) is 1. The second-order valence-electron chi connectivity index (χ2n) is 4.05. The van der Waals surface area contributed by atoms with Crippen molar-refractivity contribution in [3.8, 4) is 0 Å². The Morgan fingerprint density at radius 2 is 2.12 bits per heavy atom. The lowest BCUT2D eigenvalue weighted by molar-refractivity contribution is -0.143. The number of aromatic nitrogens is 1. The van der Waals surface area contributed by atoms with Crippen molar-refractivity contribution in [3.05, 3.63) is 23.0 Å². The number of H-pyrrole nitrogens is 1. The average Bonchev–Trinajstić information content (AvgIpc) is 2.60. The molecule has 1 aromatic rings. The maximum Gasteiger partial charge on any atom is 0.305 e. The predicted molar refractivity (Wildman–Crippen MR) is 65.1 cm³/mol. The zero-order valence-electron chi connectivity index (χ0n) is 10.6. The highest BCUT2D eigenvalue weighted by Gasteiger charge is 2.09. The maximum atomic E-state index is 11.3. The number of hydrogen-bond acceptors (Lipinski definition) is 3. The molecule has 1 N–H and O–H groups in total. The van der Waals surface area contributed by atoms with Crippen LogP contribution >= 0.6 is 0 Å². The topological polar surface area (TPSA) is 59.2 Å². The van der Waals surface area contributed by atoms with Gasteiger partial charge in [0.25, 0.3) is 0 Å². The molecule has 1 heterocycles. The largest absolute Gasteiger partial charge is 0.466 e. The first-order valence-corrected chi connectivity index (χ1v) is 5.89. The van der Waals surface area contributed by atoms with Crippen molar-refractivity contribution in [1.29, 1.82) is 0 Å². The van der Waals surface area contributed by atoms with Gasteiger partial charge in [-0.05, 0) is 39.7 Å². The van der Waals surface area contributed by atoms with E-state index in [0.717, 1.165) is 29.8 Å². The van der Waals surface area contributed by atoms with E-state index in [4.69, 9.17) is 4.74 Å². The third kappa shape index (κ3) is 4.06. The summed E-state index contributed by atoms with van der Waals surface area (Å²) in [6.07, 6.45) is 1.91. The SMILES string of the molecule is CCOC(=O)CCCc1cc(C(C)=O)c(C)[nH]1. The van der Waals surface area contributed by atoms with Crippen molar-refractivity contribution in [2.24, 2.45) is 0 Å². The average molecular weight is 237 g/mol. The molecule has 4 nitrogen and oxygen atoms in total. The zero-order chi connectivity index (χ0) is 12.8. The van der Waals surface area contributed by atoms with Crippen molar-refractivity contribution in [3.63, 3.8) is 0 Å². The summed E-state index contributed by atoms with van der Waals surface area (Å²) in [6.45, 7) is 5.66. The van der Waals surface area contributed by atoms with E-state index < -0.39 is 0 Å². The molecule has 0 bridgehead atoms. The quantitative estimate of drug-likeness (QED) is 0.610. The Kier molecular flexibility index (Phi) is 4.94. The molecule has 0 atom stereocenters. The van der Waals surface area contributed by atoms with Gasteiger partial charge in [-0.15, -0.1) is 0 Å². The van der Waals surface area contributed by atoms with Gasteiger partial charge in [-0.1, -0.05) is 0 Å². The predicted octanol–water partition coefficient (Wildman–Crippen LogP) is 2.41. The number of ether oxygens (including phenoxy) is 1. The highest BCUT2D eigenvalue weighted by molar-refractivity contribution is 5.95. The summed E-state index contributed by atoms with van der Waals surface area (Å²) >= 11 is 0. The van der Waals surface area contributed by atoms with E-state index in [1.54, 1.807) is 13.8 Å². The molecule has 0 unspecified atom stereocenters. The second kappa shape index (κ2) is 6.23. The Bertz CT molecular complexity index is 407. The smallest absolute Gasteiger partial charge is 0.305 e. The second-order valence-corrected chi connectivity index (χ2v) is 4.05. The molecule has 0 saturated carbocycles. The minimum absolute atomic E-state index is 0.0652. The van der Waals surface area contributed by atoms with Crippen LogP contribution in [-0.2, 0) is 16.0 Å². The summed E-state index contributed by atoms with van der Waals surface area (Å²) in [5.74, 6) is -0.0991. The lowest BCUT2D eigenvalue weighted by Gasteiger charge is -2.00. The minimum atomic E-state index is -0.164. The van der Waals surface area contributed by atoms with Crippen molar-refractivity contribution < 1.29 is 14.3 Å². The van der Waals surface area contributed by atoms with Gasteiger partial charge in [-0.25, -0.2) is 0 Å². The standard InChI is InChI=1S/C13H19NO3/c1-4-17-13(16)7-5-6-11-8-12(10(3)15)9(2)14-11/h8,14H,4-7H2,1-3H3. The minimum Gasteiger partial charge on any atom is -0.466 e. The van der Waals surface area contributed by atoms with Crippen molar-refractivity contribution in [1.82, 2.24) is 4.98 Å². The van der Waals surface area contributed by atoms with Gasteiger partial charge in [0.15, 0.2) is 5.78 Å². The number of ketones is 1. The number of Topliss-reactive ketones (excluding diaryl/α,β-unsaturated/α-hetero) is 1. The van der Waals surface area contributed by atoms with Crippen LogP contribution in [-0.4, -0.2) is 23.3 Å². The number of aryl methyl sites for hydroxylation is 2. The van der Waals surface area contributed by atoms with Gasteiger partial charge in [-0.3, -0.25) is 9.59 Å². The van der Waals surface area contributed by atoms with Crippen molar-refractivity contribution in [2.45, 2.75) is 40.0 Å². The molecule has 0 amide bonds. The Labute approximate surface area is 101 Å². The van der Waals surface area contributed by atoms with E-state index in [-0.39, 0.29) is 11.8 Å². The molecule has 0 fully saturated rings. The van der Waals surface area contributed by atoms with Gasteiger partial charge in [0.05, 0.1) is 6.61 Å². The Balaban J connectivity index is 2.45. The molecule has 0 aliphatic carbocycles. The summed E-state index contributed by atoms with van der Waals surface area (Å²) in [4.78, 5) is 25.5. The Morgan fingerprint density at radius 1 is 1.41 bits per heavy atom. The van der Waals surface area contributed by atoms with Crippen molar-refractivity contribution in [2.75, 3.05) is 6.61 Å². The number of hydrogen-bond donors (Lipinski definition) is 1. The van der Waals surface area contributed by atoms with E-state index in [1.165, 1.54) is 0 Å². The fourth-order valence-corrected chi connectivity index (χ4v) is 1.78. The van der Waals surface area contributed by atoms with Gasteiger partial charge in [0, 0.05) is 23.4 Å². The molecule has 94 valence electrons. The van der Waals surface area contributed by atoms with Crippen LogP contribution in [0.4, 0.5) is 0 Å².